The SMILES string of the molecule is Cc1cc(C(=O)O)n(-c2cccc(CNC(=O)OC(C)(C)C)c2)n1. The lowest BCUT2D eigenvalue weighted by molar-refractivity contribution is 0.0523. The predicted molar refractivity (Wildman–Crippen MR) is 88.3 cm³/mol. The number of carbonyl (C=O) groups excluding carboxylic acids is 1. The van der Waals surface area contributed by atoms with E-state index in [2.05, 4.69) is 10.4 Å². The highest BCUT2D eigenvalue weighted by molar-refractivity contribution is 5.86. The van der Waals surface area contributed by atoms with Crippen LogP contribution in [-0.2, 0) is 11.3 Å². The summed E-state index contributed by atoms with van der Waals surface area (Å²) in [5.41, 5.74) is 1.57. The first-order valence-electron chi connectivity index (χ1n) is 7.52. The van der Waals surface area contributed by atoms with Gasteiger partial charge in [0, 0.05) is 6.54 Å². The number of aromatic nitrogens is 2. The number of nitrogens with zero attached hydrogens (tertiary/aromatic N) is 2. The number of carbonyl (C=O) groups is 2. The monoisotopic (exact) mass is 331 g/mol. The minimum absolute atomic E-state index is 0.0877. The Labute approximate surface area is 140 Å². The van der Waals surface area contributed by atoms with Crippen LogP contribution in [0.4, 0.5) is 4.79 Å². The molecule has 0 atom stereocenters. The van der Waals surface area contributed by atoms with Gasteiger partial charge in [-0.15, -0.1) is 0 Å². The second-order valence-corrected chi connectivity index (χ2v) is 6.41. The summed E-state index contributed by atoms with van der Waals surface area (Å²) in [7, 11) is 0. The number of benzene rings is 1. The Hall–Kier alpha value is -2.83. The largest absolute Gasteiger partial charge is 0.477 e. The summed E-state index contributed by atoms with van der Waals surface area (Å²) >= 11 is 0. The third kappa shape index (κ3) is 4.58. The van der Waals surface area contributed by atoms with E-state index < -0.39 is 17.7 Å². The van der Waals surface area contributed by atoms with E-state index >= 15 is 0 Å². The molecule has 7 heteroatoms. The van der Waals surface area contributed by atoms with Crippen molar-refractivity contribution in [1.82, 2.24) is 15.1 Å². The molecule has 1 aromatic heterocycles. The minimum atomic E-state index is -1.05. The summed E-state index contributed by atoms with van der Waals surface area (Å²) in [6, 6.07) is 8.65. The normalized spacial score (nSPS) is 11.2. The molecule has 1 amide bonds. The van der Waals surface area contributed by atoms with Crippen molar-refractivity contribution in [3.63, 3.8) is 0 Å². The van der Waals surface area contributed by atoms with Crippen LogP contribution in [0.25, 0.3) is 5.69 Å². The Kier molecular flexibility index (Phi) is 4.92. The Morgan fingerprint density at radius 2 is 2.00 bits per heavy atom. The van der Waals surface area contributed by atoms with Crippen molar-refractivity contribution in [3.05, 3.63) is 47.3 Å². The second kappa shape index (κ2) is 6.74. The summed E-state index contributed by atoms with van der Waals surface area (Å²) in [4.78, 5) is 23.0. The van der Waals surface area contributed by atoms with Gasteiger partial charge in [-0.3, -0.25) is 0 Å². The molecule has 0 aliphatic rings. The van der Waals surface area contributed by atoms with Crippen LogP contribution in [-0.4, -0.2) is 32.6 Å². The lowest BCUT2D eigenvalue weighted by Gasteiger charge is -2.19. The maximum absolute atomic E-state index is 11.7. The highest BCUT2D eigenvalue weighted by Gasteiger charge is 2.16. The molecule has 0 aliphatic carbocycles. The van der Waals surface area contributed by atoms with Crippen molar-refractivity contribution in [2.75, 3.05) is 0 Å². The predicted octanol–water partition coefficient (Wildman–Crippen LogP) is 2.90. The number of nitrogens with one attached hydrogen (secondary N) is 1. The molecule has 2 rings (SSSR count). The third-order valence-corrected chi connectivity index (χ3v) is 3.04. The van der Waals surface area contributed by atoms with Crippen molar-refractivity contribution in [2.24, 2.45) is 0 Å². The first kappa shape index (κ1) is 17.5. The minimum Gasteiger partial charge on any atom is -0.477 e. The van der Waals surface area contributed by atoms with Crippen LogP contribution in [0.2, 0.25) is 0 Å². The van der Waals surface area contributed by atoms with Crippen LogP contribution in [0.15, 0.2) is 30.3 Å². The number of hydrogen-bond donors (Lipinski definition) is 2. The summed E-state index contributed by atoms with van der Waals surface area (Å²) in [6.45, 7) is 7.38. The van der Waals surface area contributed by atoms with Crippen LogP contribution < -0.4 is 5.32 Å². The molecule has 128 valence electrons. The fraction of sp³-hybridized carbons (Fsp3) is 0.353. The van der Waals surface area contributed by atoms with E-state index in [9.17, 15) is 14.7 Å². The van der Waals surface area contributed by atoms with Gasteiger partial charge >= 0.3 is 12.1 Å². The van der Waals surface area contributed by atoms with Crippen molar-refractivity contribution in [3.8, 4) is 5.69 Å². The molecule has 24 heavy (non-hydrogen) atoms. The lowest BCUT2D eigenvalue weighted by atomic mass is 10.2. The fourth-order valence-corrected chi connectivity index (χ4v) is 2.14. The van der Waals surface area contributed by atoms with E-state index in [1.807, 2.05) is 6.07 Å². The van der Waals surface area contributed by atoms with Gasteiger partial charge in [-0.1, -0.05) is 12.1 Å². The quantitative estimate of drug-likeness (QED) is 0.898. The Bertz CT molecular complexity index is 759. The third-order valence-electron chi connectivity index (χ3n) is 3.04. The molecule has 2 N–H and O–H groups in total. The number of carboxylic acid groups (broad SMARTS) is 1. The molecule has 7 nitrogen and oxygen atoms in total. The second-order valence-electron chi connectivity index (χ2n) is 6.41. The van der Waals surface area contributed by atoms with Crippen molar-refractivity contribution < 1.29 is 19.4 Å². The number of amides is 1. The number of hydrogen-bond acceptors (Lipinski definition) is 4. The summed E-state index contributed by atoms with van der Waals surface area (Å²) in [5, 5.41) is 16.1. The Balaban J connectivity index is 2.15. The smallest absolute Gasteiger partial charge is 0.407 e. The van der Waals surface area contributed by atoms with Gasteiger partial charge in [0.1, 0.15) is 5.60 Å². The van der Waals surface area contributed by atoms with Gasteiger partial charge in [-0.05, 0) is 51.5 Å². The highest BCUT2D eigenvalue weighted by atomic mass is 16.6. The summed E-state index contributed by atoms with van der Waals surface area (Å²) < 4.78 is 6.55. The van der Waals surface area contributed by atoms with E-state index in [1.165, 1.54) is 10.7 Å². The first-order chi connectivity index (χ1) is 11.2. The van der Waals surface area contributed by atoms with Crippen LogP contribution in [0.5, 0.6) is 0 Å². The molecule has 0 spiro atoms. The van der Waals surface area contributed by atoms with Crippen LogP contribution >= 0.6 is 0 Å². The molecule has 0 saturated heterocycles. The van der Waals surface area contributed by atoms with Crippen LogP contribution in [0.1, 0.15) is 42.5 Å². The van der Waals surface area contributed by atoms with Gasteiger partial charge in [0.05, 0.1) is 11.4 Å². The number of rotatable bonds is 4. The van der Waals surface area contributed by atoms with Crippen molar-refractivity contribution >= 4 is 12.1 Å². The van der Waals surface area contributed by atoms with Crippen LogP contribution in [0.3, 0.4) is 0 Å². The molecule has 0 unspecified atom stereocenters. The van der Waals surface area contributed by atoms with Gasteiger partial charge in [0.2, 0.25) is 0 Å². The molecule has 1 heterocycles. The van der Waals surface area contributed by atoms with Gasteiger partial charge < -0.3 is 15.2 Å². The molecule has 1 aromatic carbocycles. The maximum Gasteiger partial charge on any atom is 0.407 e. The maximum atomic E-state index is 11.7. The number of alkyl carbamates (subject to hydrolysis) is 1. The van der Waals surface area contributed by atoms with E-state index in [4.69, 9.17) is 4.74 Å². The Morgan fingerprint density at radius 1 is 1.29 bits per heavy atom. The van der Waals surface area contributed by atoms with E-state index in [-0.39, 0.29) is 12.2 Å². The Morgan fingerprint density at radius 3 is 2.62 bits per heavy atom. The average molecular weight is 331 g/mol. The van der Waals surface area contributed by atoms with Crippen molar-refractivity contribution in [1.29, 1.82) is 0 Å². The summed E-state index contributed by atoms with van der Waals surface area (Å²) in [6.07, 6.45) is -0.505. The zero-order valence-electron chi connectivity index (χ0n) is 14.2. The topological polar surface area (TPSA) is 93.5 Å². The summed E-state index contributed by atoms with van der Waals surface area (Å²) in [5.74, 6) is -1.05. The number of aryl methyl sites for hydroxylation is 1. The molecule has 0 saturated carbocycles. The molecule has 0 aliphatic heterocycles. The average Bonchev–Trinajstić information content (AvgIpc) is 2.86. The van der Waals surface area contributed by atoms with Crippen LogP contribution in [0, 0.1) is 6.92 Å². The van der Waals surface area contributed by atoms with Gasteiger partial charge in [0.25, 0.3) is 0 Å². The molecule has 0 fully saturated rings. The van der Waals surface area contributed by atoms with E-state index in [0.717, 1.165) is 5.56 Å². The lowest BCUT2D eigenvalue weighted by Crippen LogP contribution is -2.32. The van der Waals surface area contributed by atoms with Crippen molar-refractivity contribution in [2.45, 2.75) is 39.8 Å². The molecule has 0 radical (unpaired) electrons. The zero-order valence-corrected chi connectivity index (χ0v) is 14.2. The zero-order chi connectivity index (χ0) is 17.9. The van der Waals surface area contributed by atoms with E-state index in [1.54, 1.807) is 45.9 Å². The standard InChI is InChI=1S/C17H21N3O4/c1-11-8-14(15(21)22)20(19-11)13-7-5-6-12(9-13)10-18-16(23)24-17(2,3)4/h5-9H,10H2,1-4H3,(H,18,23)(H,21,22). The number of carboxylic acids is 1. The molecule has 2 aromatic rings. The number of ether oxygens (including phenoxy) is 1. The molecular formula is C17H21N3O4. The molecular weight excluding hydrogens is 310 g/mol. The highest BCUT2D eigenvalue weighted by Crippen LogP contribution is 2.15. The van der Waals surface area contributed by atoms with Gasteiger partial charge in [-0.2, -0.15) is 5.10 Å². The molecule has 0 bridgehead atoms. The van der Waals surface area contributed by atoms with E-state index in [0.29, 0.717) is 11.4 Å². The number of aromatic carboxylic acids is 1. The van der Waals surface area contributed by atoms with Gasteiger partial charge in [-0.25, -0.2) is 14.3 Å². The van der Waals surface area contributed by atoms with Gasteiger partial charge in [0.15, 0.2) is 5.69 Å². The first-order valence-corrected chi connectivity index (χ1v) is 7.52. The fourth-order valence-electron chi connectivity index (χ4n) is 2.14.